The van der Waals surface area contributed by atoms with E-state index in [2.05, 4.69) is 27.8 Å². The van der Waals surface area contributed by atoms with Crippen molar-refractivity contribution in [1.29, 1.82) is 0 Å². The van der Waals surface area contributed by atoms with Gasteiger partial charge in [0.2, 0.25) is 0 Å². The average Bonchev–Trinajstić information content (AvgIpc) is 1.87. The Bertz CT molecular complexity index is 183. The van der Waals surface area contributed by atoms with E-state index in [0.29, 0.717) is 0 Å². The molecule has 0 aromatic carbocycles. The van der Waals surface area contributed by atoms with Gasteiger partial charge in [0.15, 0.2) is 0 Å². The molecule has 0 heterocycles. The molecule has 0 aliphatic heterocycles. The van der Waals surface area contributed by atoms with E-state index >= 15 is 0 Å². The molecule has 0 atom stereocenters. The van der Waals surface area contributed by atoms with E-state index < -0.39 is 0 Å². The van der Waals surface area contributed by atoms with Crippen LogP contribution in [-0.4, -0.2) is 22.8 Å². The summed E-state index contributed by atoms with van der Waals surface area (Å²) >= 11 is 2.74. The van der Waals surface area contributed by atoms with Gasteiger partial charge in [-0.25, -0.2) is 0 Å². The van der Waals surface area contributed by atoms with Crippen LogP contribution < -0.4 is 0 Å². The van der Waals surface area contributed by atoms with Crippen LogP contribution in [0.15, 0.2) is 0 Å². The zero-order valence-corrected chi connectivity index (χ0v) is 6.89. The highest BCUT2D eigenvalue weighted by molar-refractivity contribution is 9.18. The van der Waals surface area contributed by atoms with E-state index in [-0.39, 0.29) is 17.9 Å². The van der Waals surface area contributed by atoms with Crippen molar-refractivity contribution in [3.8, 4) is 24.7 Å². The van der Waals surface area contributed by atoms with Gasteiger partial charge in [-0.1, -0.05) is 11.8 Å². The molecule has 0 unspecified atom stereocenters. The first-order chi connectivity index (χ1) is 4.72. The van der Waals surface area contributed by atoms with Gasteiger partial charge in [-0.05, 0) is 0 Å². The Morgan fingerprint density at radius 1 is 1.40 bits per heavy atom. The van der Waals surface area contributed by atoms with E-state index in [4.69, 9.17) is 12.8 Å². The number of carbonyl (C=O) groups is 1. The quantitative estimate of drug-likeness (QED) is 0.371. The van der Waals surface area contributed by atoms with Crippen LogP contribution in [0.5, 0.6) is 0 Å². The maximum atomic E-state index is 10.6. The normalized spacial score (nSPS) is 7.50. The number of nitrogens with zero attached hydrogens (tertiary/aromatic N) is 1. The summed E-state index contributed by atoms with van der Waals surface area (Å²) < 4.78 is 0. The highest BCUT2D eigenvalue weighted by Gasteiger charge is 2.04. The summed E-state index contributed by atoms with van der Waals surface area (Å²) in [5.74, 6) is 4.63. The smallest absolute Gasteiger partial charge is 0.291 e. The Balaban J connectivity index is 3.90. The number of amides is 1. The van der Waals surface area contributed by atoms with Crippen molar-refractivity contribution in [1.82, 2.24) is 4.90 Å². The molecule has 0 aliphatic carbocycles. The largest absolute Gasteiger partial charge is 0.311 e. The zero-order valence-electron chi connectivity index (χ0n) is 5.30. The van der Waals surface area contributed by atoms with Crippen LogP contribution in [0, 0.1) is 24.7 Å². The maximum absolute atomic E-state index is 10.6. The minimum Gasteiger partial charge on any atom is -0.311 e. The predicted octanol–water partition coefficient (Wildman–Crippen LogP) is 1.07. The molecule has 1 amide bonds. The SMILES string of the molecule is C#CCN(CC#C)C(=O)Br. The number of terminal acetylenes is 2. The average molecular weight is 200 g/mol. The molecule has 0 radical (unpaired) electrons. The molecule has 0 aromatic rings. The molecule has 0 aliphatic rings. The topological polar surface area (TPSA) is 20.3 Å². The molecule has 0 bridgehead atoms. The van der Waals surface area contributed by atoms with Gasteiger partial charge in [0.05, 0.1) is 13.1 Å². The van der Waals surface area contributed by atoms with Crippen LogP contribution in [0.1, 0.15) is 0 Å². The van der Waals surface area contributed by atoms with Crippen molar-refractivity contribution in [3.63, 3.8) is 0 Å². The standard InChI is InChI=1S/C7H6BrNO/c1-3-5-9(6-4-2)7(8)10/h1-2H,5-6H2. The molecule has 0 fully saturated rings. The highest BCUT2D eigenvalue weighted by atomic mass is 79.9. The molecule has 0 rings (SSSR count). The molecule has 0 N–H and O–H groups in total. The second-order valence-electron chi connectivity index (χ2n) is 1.52. The molecule has 0 saturated carbocycles. The number of hydrogen-bond donors (Lipinski definition) is 0. The summed E-state index contributed by atoms with van der Waals surface area (Å²) in [4.78, 5) is 11.6. The van der Waals surface area contributed by atoms with Crippen molar-refractivity contribution in [3.05, 3.63) is 0 Å². The number of rotatable bonds is 2. The fourth-order valence-corrected chi connectivity index (χ4v) is 0.651. The first-order valence-corrected chi connectivity index (χ1v) is 3.33. The Morgan fingerprint density at radius 3 is 2.00 bits per heavy atom. The first-order valence-electron chi connectivity index (χ1n) is 2.53. The fraction of sp³-hybridized carbons (Fsp3) is 0.286. The van der Waals surface area contributed by atoms with E-state index in [0.717, 1.165) is 0 Å². The van der Waals surface area contributed by atoms with Crippen molar-refractivity contribution in [2.45, 2.75) is 0 Å². The van der Waals surface area contributed by atoms with Crippen LogP contribution in [0.2, 0.25) is 0 Å². The Morgan fingerprint density at radius 2 is 1.80 bits per heavy atom. The molecular formula is C7H6BrNO. The second kappa shape index (κ2) is 4.90. The summed E-state index contributed by atoms with van der Waals surface area (Å²) in [5.41, 5.74) is 0. The predicted molar refractivity (Wildman–Crippen MR) is 43.6 cm³/mol. The minimum atomic E-state index is -0.275. The van der Waals surface area contributed by atoms with Crippen LogP contribution >= 0.6 is 15.9 Å². The van der Waals surface area contributed by atoms with Crippen molar-refractivity contribution < 1.29 is 4.79 Å². The van der Waals surface area contributed by atoms with Gasteiger partial charge in [-0.3, -0.25) is 4.79 Å². The summed E-state index contributed by atoms with van der Waals surface area (Å²) in [6.45, 7) is 0.489. The summed E-state index contributed by atoms with van der Waals surface area (Å²) in [5, 5.41) is 0. The van der Waals surface area contributed by atoms with Gasteiger partial charge >= 0.3 is 0 Å². The molecule has 2 nitrogen and oxygen atoms in total. The van der Waals surface area contributed by atoms with E-state index in [1.165, 1.54) is 4.90 Å². The van der Waals surface area contributed by atoms with E-state index in [9.17, 15) is 4.79 Å². The lowest BCUT2D eigenvalue weighted by molar-refractivity contribution is 0.235. The second-order valence-corrected chi connectivity index (χ2v) is 2.20. The third-order valence-corrected chi connectivity index (χ3v) is 1.31. The Kier molecular flexibility index (Phi) is 4.45. The number of carbonyl (C=O) groups excluding carboxylic acids is 1. The van der Waals surface area contributed by atoms with Crippen molar-refractivity contribution >= 4 is 20.7 Å². The third kappa shape index (κ3) is 3.17. The third-order valence-electron chi connectivity index (χ3n) is 0.813. The summed E-state index contributed by atoms with van der Waals surface area (Å²) in [6, 6.07) is 0. The molecule has 3 heteroatoms. The molecule has 0 spiro atoms. The van der Waals surface area contributed by atoms with Crippen LogP contribution in [0.3, 0.4) is 0 Å². The molecule has 0 saturated heterocycles. The zero-order chi connectivity index (χ0) is 7.98. The van der Waals surface area contributed by atoms with Crippen LogP contribution in [0.4, 0.5) is 4.79 Å². The van der Waals surface area contributed by atoms with Gasteiger partial charge in [0.25, 0.3) is 4.82 Å². The molecule has 0 aromatic heterocycles. The lowest BCUT2D eigenvalue weighted by Crippen LogP contribution is -2.26. The number of hydrogen-bond acceptors (Lipinski definition) is 1. The van der Waals surface area contributed by atoms with E-state index in [1.807, 2.05) is 0 Å². The first kappa shape index (κ1) is 9.07. The van der Waals surface area contributed by atoms with Crippen molar-refractivity contribution in [2.24, 2.45) is 0 Å². The molecular weight excluding hydrogens is 194 g/mol. The Hall–Kier alpha value is -0.930. The van der Waals surface area contributed by atoms with Gasteiger partial charge in [0.1, 0.15) is 0 Å². The van der Waals surface area contributed by atoms with E-state index in [1.54, 1.807) is 0 Å². The molecule has 52 valence electrons. The van der Waals surface area contributed by atoms with Gasteiger partial charge in [-0.2, -0.15) is 0 Å². The van der Waals surface area contributed by atoms with Gasteiger partial charge < -0.3 is 4.90 Å². The van der Waals surface area contributed by atoms with Gasteiger partial charge in [0, 0.05) is 15.9 Å². The fourth-order valence-electron chi connectivity index (χ4n) is 0.401. The molecule has 10 heavy (non-hydrogen) atoms. The maximum Gasteiger partial charge on any atom is 0.291 e. The van der Waals surface area contributed by atoms with Crippen LogP contribution in [0.25, 0.3) is 0 Å². The Labute approximate surface area is 68.7 Å². The minimum absolute atomic E-state index is 0.244. The van der Waals surface area contributed by atoms with Crippen molar-refractivity contribution in [2.75, 3.05) is 13.1 Å². The van der Waals surface area contributed by atoms with Crippen LogP contribution in [-0.2, 0) is 0 Å². The van der Waals surface area contributed by atoms with Gasteiger partial charge in [-0.15, -0.1) is 12.8 Å². The lowest BCUT2D eigenvalue weighted by atomic mass is 10.5. The lowest BCUT2D eigenvalue weighted by Gasteiger charge is -2.11. The highest BCUT2D eigenvalue weighted by Crippen LogP contribution is 1.96. The number of halogens is 1. The summed E-state index contributed by atoms with van der Waals surface area (Å²) in [6.07, 6.45) is 9.93. The summed E-state index contributed by atoms with van der Waals surface area (Å²) in [7, 11) is 0. The monoisotopic (exact) mass is 199 g/mol.